The van der Waals surface area contributed by atoms with Gasteiger partial charge in [0.1, 0.15) is 0 Å². The summed E-state index contributed by atoms with van der Waals surface area (Å²) in [5.74, 6) is -0.503. The van der Waals surface area contributed by atoms with Crippen LogP contribution < -0.4 is 5.32 Å². The second kappa shape index (κ2) is 9.65. The summed E-state index contributed by atoms with van der Waals surface area (Å²) in [6.45, 7) is 1.52. The molecule has 1 aliphatic heterocycles. The van der Waals surface area contributed by atoms with Gasteiger partial charge in [-0.1, -0.05) is 28.6 Å². The van der Waals surface area contributed by atoms with Crippen LogP contribution in [0.3, 0.4) is 0 Å². The molecule has 10 nitrogen and oxygen atoms in total. The SMILES string of the molecule is O=C(Nc1ncc(Cn2cccn2)s1)C(=NO[C@@H]1CCOC1)c1ccc(S(=O)(=O)C2CC2)cc1. The minimum Gasteiger partial charge on any atom is -0.389 e. The maximum Gasteiger partial charge on any atom is 0.280 e. The highest BCUT2D eigenvalue weighted by Crippen LogP contribution is 2.33. The lowest BCUT2D eigenvalue weighted by molar-refractivity contribution is -0.110. The van der Waals surface area contributed by atoms with Crippen molar-refractivity contribution in [1.82, 2.24) is 14.8 Å². The second-order valence-corrected chi connectivity index (χ2v) is 11.4. The predicted molar refractivity (Wildman–Crippen MR) is 126 cm³/mol. The van der Waals surface area contributed by atoms with E-state index in [9.17, 15) is 13.2 Å². The largest absolute Gasteiger partial charge is 0.389 e. The number of aromatic nitrogens is 3. The third-order valence-electron chi connectivity index (χ3n) is 5.47. The highest BCUT2D eigenvalue weighted by Gasteiger charge is 2.36. The summed E-state index contributed by atoms with van der Waals surface area (Å²) in [5, 5.41) is 11.2. The molecule has 3 heterocycles. The Hall–Kier alpha value is -3.09. The number of thiazole rings is 1. The number of nitrogens with zero attached hydrogens (tertiary/aromatic N) is 4. The zero-order valence-corrected chi connectivity index (χ0v) is 19.8. The van der Waals surface area contributed by atoms with Crippen molar-refractivity contribution >= 4 is 37.9 Å². The Morgan fingerprint density at radius 2 is 2.09 bits per heavy atom. The van der Waals surface area contributed by atoms with Gasteiger partial charge in [0.25, 0.3) is 5.91 Å². The van der Waals surface area contributed by atoms with Crippen molar-refractivity contribution in [2.75, 3.05) is 18.5 Å². The van der Waals surface area contributed by atoms with E-state index in [1.165, 1.54) is 23.5 Å². The average molecular weight is 502 g/mol. The van der Waals surface area contributed by atoms with Crippen LogP contribution in [0.2, 0.25) is 0 Å². The number of rotatable bonds is 9. The number of oxime groups is 1. The second-order valence-electron chi connectivity index (χ2n) is 8.09. The summed E-state index contributed by atoms with van der Waals surface area (Å²) in [6.07, 6.45) is 7.04. The standard InChI is InChI=1S/C22H23N5O5S2/c28-21(25-22-23-12-17(33-22)13-27-10-1-9-24-27)20(26-32-16-8-11-31-14-16)15-2-4-18(5-3-15)34(29,30)19-6-7-19/h1-5,9-10,12,16,19H,6-8,11,13-14H2,(H,23,25,28)/t16-/m1/s1. The van der Waals surface area contributed by atoms with E-state index in [0.29, 0.717) is 49.7 Å². The van der Waals surface area contributed by atoms with Gasteiger partial charge in [0, 0.05) is 35.5 Å². The fourth-order valence-corrected chi connectivity index (χ4v) is 5.93. The van der Waals surface area contributed by atoms with Crippen molar-refractivity contribution in [3.8, 4) is 0 Å². The first kappa shape index (κ1) is 22.7. The first-order chi connectivity index (χ1) is 16.5. The van der Waals surface area contributed by atoms with E-state index >= 15 is 0 Å². The molecule has 0 radical (unpaired) electrons. The molecule has 1 aliphatic carbocycles. The molecule has 5 rings (SSSR count). The van der Waals surface area contributed by atoms with Gasteiger partial charge in [-0.15, -0.1) is 0 Å². The number of sulfone groups is 1. The van der Waals surface area contributed by atoms with Crippen molar-refractivity contribution in [3.63, 3.8) is 0 Å². The van der Waals surface area contributed by atoms with Gasteiger partial charge in [0.2, 0.25) is 0 Å². The molecule has 0 spiro atoms. The lowest BCUT2D eigenvalue weighted by atomic mass is 10.1. The minimum atomic E-state index is -3.32. The van der Waals surface area contributed by atoms with Crippen LogP contribution >= 0.6 is 11.3 Å². The van der Waals surface area contributed by atoms with E-state index in [1.54, 1.807) is 29.2 Å². The molecule has 1 atom stereocenters. The monoisotopic (exact) mass is 501 g/mol. The molecule has 2 fully saturated rings. The molecule has 12 heteroatoms. The number of carbonyl (C=O) groups is 1. The first-order valence-corrected chi connectivity index (χ1v) is 13.2. The van der Waals surface area contributed by atoms with Crippen LogP contribution in [0.25, 0.3) is 0 Å². The number of amides is 1. The maximum atomic E-state index is 13.1. The molecule has 1 saturated carbocycles. The zero-order valence-electron chi connectivity index (χ0n) is 18.2. The van der Waals surface area contributed by atoms with Crippen LogP contribution in [0.15, 0.2) is 59.0 Å². The number of hydrogen-bond donors (Lipinski definition) is 1. The summed E-state index contributed by atoms with van der Waals surface area (Å²) in [6, 6.07) is 8.01. The fourth-order valence-electron chi connectivity index (χ4n) is 3.47. The summed E-state index contributed by atoms with van der Waals surface area (Å²) in [7, 11) is -3.32. The molecule has 1 amide bonds. The molecule has 2 aromatic heterocycles. The lowest BCUT2D eigenvalue weighted by Crippen LogP contribution is -2.25. The van der Waals surface area contributed by atoms with E-state index in [4.69, 9.17) is 9.57 Å². The Morgan fingerprint density at radius 1 is 1.26 bits per heavy atom. The van der Waals surface area contributed by atoms with Gasteiger partial charge in [-0.3, -0.25) is 14.8 Å². The minimum absolute atomic E-state index is 0.0334. The Labute approximate surface area is 200 Å². The van der Waals surface area contributed by atoms with Gasteiger partial charge in [-0.25, -0.2) is 13.4 Å². The topological polar surface area (TPSA) is 125 Å². The number of benzene rings is 1. The van der Waals surface area contributed by atoms with Crippen molar-refractivity contribution in [2.24, 2.45) is 5.16 Å². The lowest BCUT2D eigenvalue weighted by Gasteiger charge is -2.10. The van der Waals surface area contributed by atoms with Crippen LogP contribution in [-0.2, 0) is 30.8 Å². The third kappa shape index (κ3) is 5.18. The first-order valence-electron chi connectivity index (χ1n) is 10.9. The van der Waals surface area contributed by atoms with Gasteiger partial charge >= 0.3 is 0 Å². The average Bonchev–Trinajstić information content (AvgIpc) is 3.17. The molecule has 1 aromatic carbocycles. The molecule has 3 aromatic rings. The van der Waals surface area contributed by atoms with Crippen LogP contribution in [0, 0.1) is 0 Å². The molecule has 178 valence electrons. The highest BCUT2D eigenvalue weighted by atomic mass is 32.2. The molecule has 34 heavy (non-hydrogen) atoms. The molecule has 0 unspecified atom stereocenters. The summed E-state index contributed by atoms with van der Waals surface area (Å²) < 4.78 is 32.1. The van der Waals surface area contributed by atoms with Gasteiger partial charge in [0.15, 0.2) is 26.8 Å². The van der Waals surface area contributed by atoms with Crippen molar-refractivity contribution < 1.29 is 22.8 Å². The quantitative estimate of drug-likeness (QED) is 0.353. The Kier molecular flexibility index (Phi) is 6.44. The molecule has 1 saturated heterocycles. The summed E-state index contributed by atoms with van der Waals surface area (Å²) in [5.41, 5.74) is 0.477. The van der Waals surface area contributed by atoms with Crippen LogP contribution in [0.1, 0.15) is 29.7 Å². The van der Waals surface area contributed by atoms with Gasteiger partial charge < -0.3 is 9.57 Å². The smallest absolute Gasteiger partial charge is 0.280 e. The number of ether oxygens (including phenoxy) is 1. The number of carbonyl (C=O) groups excluding carboxylic acids is 1. The fraction of sp³-hybridized carbons (Fsp3) is 0.364. The number of hydrogen-bond acceptors (Lipinski definition) is 9. The molecular weight excluding hydrogens is 478 g/mol. The highest BCUT2D eigenvalue weighted by molar-refractivity contribution is 7.92. The van der Waals surface area contributed by atoms with Crippen molar-refractivity contribution in [3.05, 3.63) is 59.4 Å². The third-order valence-corrected chi connectivity index (χ3v) is 8.64. The van der Waals surface area contributed by atoms with Crippen LogP contribution in [-0.4, -0.2) is 59.4 Å². The molecule has 0 bridgehead atoms. The zero-order chi connectivity index (χ0) is 23.5. The van der Waals surface area contributed by atoms with Crippen LogP contribution in [0.4, 0.5) is 5.13 Å². The van der Waals surface area contributed by atoms with Gasteiger partial charge in [-0.05, 0) is 31.0 Å². The summed E-state index contributed by atoms with van der Waals surface area (Å²) >= 11 is 1.33. The molecular formula is C22H23N5O5S2. The van der Waals surface area contributed by atoms with E-state index in [0.717, 1.165) is 4.88 Å². The normalized spacial score (nSPS) is 18.7. The maximum absolute atomic E-state index is 13.1. The van der Waals surface area contributed by atoms with Crippen LogP contribution in [0.5, 0.6) is 0 Å². The van der Waals surface area contributed by atoms with Crippen molar-refractivity contribution in [1.29, 1.82) is 0 Å². The van der Waals surface area contributed by atoms with Crippen molar-refractivity contribution in [2.45, 2.75) is 42.1 Å². The van der Waals surface area contributed by atoms with E-state index in [2.05, 4.69) is 20.6 Å². The van der Waals surface area contributed by atoms with Gasteiger partial charge in [-0.2, -0.15) is 5.10 Å². The Morgan fingerprint density at radius 3 is 2.76 bits per heavy atom. The Balaban J connectivity index is 1.34. The Bertz CT molecular complexity index is 1280. The van der Waals surface area contributed by atoms with E-state index < -0.39 is 15.7 Å². The molecule has 1 N–H and O–H groups in total. The molecule has 2 aliphatic rings. The predicted octanol–water partition coefficient (Wildman–Crippen LogP) is 2.47. The summed E-state index contributed by atoms with van der Waals surface area (Å²) in [4.78, 5) is 24.1. The number of anilines is 1. The number of nitrogens with one attached hydrogen (secondary N) is 1. The van der Waals surface area contributed by atoms with Gasteiger partial charge in [0.05, 0.1) is 29.9 Å². The van der Waals surface area contributed by atoms with E-state index in [1.807, 2.05) is 12.3 Å². The van der Waals surface area contributed by atoms with E-state index in [-0.39, 0.29) is 22.0 Å².